The minimum atomic E-state index is -0.0292. The number of nitrogens with zero attached hydrogens (tertiary/aromatic N) is 1. The summed E-state index contributed by atoms with van der Waals surface area (Å²) >= 11 is 0. The highest BCUT2D eigenvalue weighted by Gasteiger charge is 2.03. The second-order valence-corrected chi connectivity index (χ2v) is 2.16. The second kappa shape index (κ2) is 5.39. The van der Waals surface area contributed by atoms with E-state index in [4.69, 9.17) is 16.7 Å². The molecular weight excluding hydrogens is 160 g/mol. The summed E-state index contributed by atoms with van der Waals surface area (Å²) < 4.78 is 0. The van der Waals surface area contributed by atoms with Gasteiger partial charge in [-0.15, -0.1) is 0 Å². The lowest BCUT2D eigenvalue weighted by Crippen LogP contribution is -2.30. The van der Waals surface area contributed by atoms with Crippen molar-refractivity contribution in [2.45, 2.75) is 0 Å². The predicted molar refractivity (Wildman–Crippen MR) is 43.9 cm³/mol. The summed E-state index contributed by atoms with van der Waals surface area (Å²) in [5.74, 6) is -0.0292. The van der Waals surface area contributed by atoms with Gasteiger partial charge in [-0.3, -0.25) is 10.0 Å². The third-order valence-electron chi connectivity index (χ3n) is 1.20. The first-order valence-corrected chi connectivity index (χ1v) is 3.45. The number of nitrogens with two attached hydrogens (primary N) is 2. The van der Waals surface area contributed by atoms with Gasteiger partial charge in [0, 0.05) is 20.1 Å². The molecule has 0 spiro atoms. The minimum Gasteiger partial charge on any atom is -0.382 e. The van der Waals surface area contributed by atoms with E-state index in [9.17, 15) is 4.79 Å². The first kappa shape index (κ1) is 10.7. The Kier molecular flexibility index (Phi) is 4.82. The Hall–Kier alpha value is -1.27. The van der Waals surface area contributed by atoms with Crippen LogP contribution in [0.4, 0.5) is 0 Å². The zero-order valence-electron chi connectivity index (χ0n) is 6.95. The molecule has 6 nitrogen and oxygen atoms in total. The molecule has 70 valence electrons. The Balaban J connectivity index is 4.28. The van der Waals surface area contributed by atoms with Crippen LogP contribution >= 0.6 is 0 Å². The summed E-state index contributed by atoms with van der Waals surface area (Å²) in [5.41, 5.74) is 10.7. The van der Waals surface area contributed by atoms with Crippen molar-refractivity contribution in [2.75, 3.05) is 20.1 Å². The van der Waals surface area contributed by atoms with Crippen LogP contribution in [0.15, 0.2) is 11.5 Å². The van der Waals surface area contributed by atoms with Crippen LogP contribution in [0, 0.1) is 0 Å². The normalized spacial score (nSPS) is 11.9. The fraction of sp³-hybridized carbons (Fsp3) is 0.500. The van der Waals surface area contributed by atoms with E-state index in [1.54, 1.807) is 0 Å². The molecule has 0 aliphatic heterocycles. The smallest absolute Gasteiger partial charge is 0.169 e. The topological polar surface area (TPSA) is 105 Å². The van der Waals surface area contributed by atoms with Crippen molar-refractivity contribution >= 4 is 6.29 Å². The Labute approximate surface area is 70.8 Å². The maximum Gasteiger partial charge on any atom is 0.169 e. The lowest BCUT2D eigenvalue weighted by Gasteiger charge is -2.13. The zero-order valence-corrected chi connectivity index (χ0v) is 6.95. The van der Waals surface area contributed by atoms with Crippen LogP contribution in [0.25, 0.3) is 0 Å². The van der Waals surface area contributed by atoms with E-state index < -0.39 is 0 Å². The minimum absolute atomic E-state index is 0.0292. The fourth-order valence-corrected chi connectivity index (χ4v) is 0.574. The first-order chi connectivity index (χ1) is 5.63. The molecule has 0 aromatic carbocycles. The van der Waals surface area contributed by atoms with Gasteiger partial charge in [-0.2, -0.15) is 0 Å². The SMILES string of the molecule is CN(O)/C(N)=C(\C=O)NCCN. The summed E-state index contributed by atoms with van der Waals surface area (Å²) in [4.78, 5) is 10.4. The van der Waals surface area contributed by atoms with E-state index in [2.05, 4.69) is 5.32 Å². The van der Waals surface area contributed by atoms with Gasteiger partial charge in [-0.25, -0.2) is 5.06 Å². The monoisotopic (exact) mass is 174 g/mol. The Morgan fingerprint density at radius 3 is 2.67 bits per heavy atom. The van der Waals surface area contributed by atoms with E-state index >= 15 is 0 Å². The van der Waals surface area contributed by atoms with Crippen LogP contribution in [0.2, 0.25) is 0 Å². The molecule has 0 aliphatic carbocycles. The molecule has 0 aromatic heterocycles. The molecule has 0 saturated heterocycles. The Morgan fingerprint density at radius 2 is 2.33 bits per heavy atom. The number of carbonyl (C=O) groups excluding carboxylic acids is 1. The number of hydrogen-bond donors (Lipinski definition) is 4. The first-order valence-electron chi connectivity index (χ1n) is 3.45. The van der Waals surface area contributed by atoms with Crippen LogP contribution in [-0.4, -0.2) is 36.7 Å². The number of allylic oxidation sites excluding steroid dienone is 1. The molecule has 0 aromatic rings. The van der Waals surface area contributed by atoms with E-state index in [-0.39, 0.29) is 11.5 Å². The van der Waals surface area contributed by atoms with Gasteiger partial charge in [-0.05, 0) is 0 Å². The molecular formula is C6H14N4O2. The van der Waals surface area contributed by atoms with Crippen LogP contribution in [0.5, 0.6) is 0 Å². The molecule has 0 rings (SSSR count). The fourth-order valence-electron chi connectivity index (χ4n) is 0.574. The van der Waals surface area contributed by atoms with Crippen molar-refractivity contribution in [1.29, 1.82) is 0 Å². The van der Waals surface area contributed by atoms with Crippen LogP contribution < -0.4 is 16.8 Å². The molecule has 0 aliphatic rings. The molecule has 0 heterocycles. The van der Waals surface area contributed by atoms with Gasteiger partial charge in [0.2, 0.25) is 0 Å². The second-order valence-electron chi connectivity index (χ2n) is 2.16. The number of carbonyl (C=O) groups is 1. The third-order valence-corrected chi connectivity index (χ3v) is 1.20. The molecule has 0 fully saturated rings. The average molecular weight is 174 g/mol. The van der Waals surface area contributed by atoms with Crippen molar-refractivity contribution in [2.24, 2.45) is 11.5 Å². The number of aldehydes is 1. The predicted octanol–water partition coefficient (Wildman–Crippen LogP) is -1.82. The van der Waals surface area contributed by atoms with Gasteiger partial charge < -0.3 is 16.8 Å². The van der Waals surface area contributed by atoms with E-state index in [0.29, 0.717) is 24.4 Å². The number of nitrogens with one attached hydrogen (secondary N) is 1. The van der Waals surface area contributed by atoms with E-state index in [1.807, 2.05) is 0 Å². The Bertz CT molecular complexity index is 178. The van der Waals surface area contributed by atoms with Crippen molar-refractivity contribution in [3.63, 3.8) is 0 Å². The van der Waals surface area contributed by atoms with E-state index in [1.165, 1.54) is 7.05 Å². The summed E-state index contributed by atoms with van der Waals surface area (Å²) in [7, 11) is 1.32. The number of hydroxylamine groups is 2. The molecule has 0 bridgehead atoms. The van der Waals surface area contributed by atoms with Crippen LogP contribution in [0.3, 0.4) is 0 Å². The van der Waals surface area contributed by atoms with Gasteiger partial charge in [0.15, 0.2) is 6.29 Å². The van der Waals surface area contributed by atoms with Crippen molar-refractivity contribution in [3.05, 3.63) is 11.5 Å². The molecule has 6 heteroatoms. The van der Waals surface area contributed by atoms with Gasteiger partial charge in [-0.1, -0.05) is 0 Å². The molecule has 0 atom stereocenters. The molecule has 12 heavy (non-hydrogen) atoms. The molecule has 0 amide bonds. The lowest BCUT2D eigenvalue weighted by molar-refractivity contribution is -0.105. The van der Waals surface area contributed by atoms with Crippen molar-refractivity contribution < 1.29 is 10.0 Å². The average Bonchev–Trinajstić information content (AvgIpc) is 2.05. The summed E-state index contributed by atoms with van der Waals surface area (Å²) in [6.07, 6.45) is 0.526. The van der Waals surface area contributed by atoms with Crippen molar-refractivity contribution in [1.82, 2.24) is 10.4 Å². The largest absolute Gasteiger partial charge is 0.382 e. The molecule has 0 unspecified atom stereocenters. The number of rotatable bonds is 5. The van der Waals surface area contributed by atoms with Crippen molar-refractivity contribution in [3.8, 4) is 0 Å². The summed E-state index contributed by atoms with van der Waals surface area (Å²) in [6, 6.07) is 0. The molecule has 6 N–H and O–H groups in total. The quantitative estimate of drug-likeness (QED) is 0.222. The maximum atomic E-state index is 10.4. The van der Waals surface area contributed by atoms with Gasteiger partial charge in [0.25, 0.3) is 0 Å². The zero-order chi connectivity index (χ0) is 9.56. The van der Waals surface area contributed by atoms with E-state index in [0.717, 1.165) is 0 Å². The molecule has 0 saturated carbocycles. The lowest BCUT2D eigenvalue weighted by atomic mass is 10.4. The third kappa shape index (κ3) is 3.22. The highest BCUT2D eigenvalue weighted by molar-refractivity contribution is 5.73. The summed E-state index contributed by atoms with van der Waals surface area (Å²) in [5, 5.41) is 12.2. The number of hydrogen-bond acceptors (Lipinski definition) is 6. The highest BCUT2D eigenvalue weighted by Crippen LogP contribution is 1.93. The van der Waals surface area contributed by atoms with Crippen LogP contribution in [0.1, 0.15) is 0 Å². The highest BCUT2D eigenvalue weighted by atomic mass is 16.5. The molecule has 0 radical (unpaired) electrons. The van der Waals surface area contributed by atoms with Gasteiger partial charge in [0.1, 0.15) is 11.5 Å². The van der Waals surface area contributed by atoms with Gasteiger partial charge in [0.05, 0.1) is 0 Å². The Morgan fingerprint density at radius 1 is 1.75 bits per heavy atom. The standard InChI is InChI=1S/C6H14N4O2/c1-10(12)6(8)5(4-11)9-3-2-7/h4,9,12H,2-3,7-8H2,1H3/b6-5+. The van der Waals surface area contributed by atoms with Gasteiger partial charge >= 0.3 is 0 Å². The summed E-state index contributed by atoms with van der Waals surface area (Å²) in [6.45, 7) is 0.822. The van der Waals surface area contributed by atoms with Crippen LogP contribution in [-0.2, 0) is 4.79 Å². The maximum absolute atomic E-state index is 10.4.